The summed E-state index contributed by atoms with van der Waals surface area (Å²) >= 11 is 0. The second-order valence-corrected chi connectivity index (χ2v) is 10.3. The Morgan fingerprint density at radius 1 is 1.24 bits per heavy atom. The summed E-state index contributed by atoms with van der Waals surface area (Å²) in [5, 5.41) is 9.77. The van der Waals surface area contributed by atoms with Crippen LogP contribution in [0.5, 0.6) is 0 Å². The van der Waals surface area contributed by atoms with Gasteiger partial charge in [0.2, 0.25) is 5.91 Å². The first kappa shape index (κ1) is 28.7. The van der Waals surface area contributed by atoms with Crippen LogP contribution in [0.15, 0.2) is 55.2 Å². The van der Waals surface area contributed by atoms with E-state index < -0.39 is 5.97 Å². The average molecular weight is 509 g/mol. The van der Waals surface area contributed by atoms with Gasteiger partial charge in [0.05, 0.1) is 24.7 Å². The Bertz CT molecular complexity index is 995. The van der Waals surface area contributed by atoms with Crippen molar-refractivity contribution >= 4 is 17.6 Å². The molecule has 2 aliphatic rings. The van der Waals surface area contributed by atoms with Crippen LogP contribution >= 0.6 is 0 Å². The molecular formula is C31H44N2O4. The Morgan fingerprint density at radius 2 is 1.97 bits per heavy atom. The van der Waals surface area contributed by atoms with Gasteiger partial charge < -0.3 is 19.6 Å². The van der Waals surface area contributed by atoms with Gasteiger partial charge in [-0.05, 0) is 43.4 Å². The van der Waals surface area contributed by atoms with Crippen molar-refractivity contribution in [3.8, 4) is 0 Å². The number of hydrogen-bond donors (Lipinski definition) is 1. The van der Waals surface area contributed by atoms with Crippen LogP contribution in [0.2, 0.25) is 0 Å². The van der Waals surface area contributed by atoms with E-state index in [4.69, 9.17) is 4.74 Å². The summed E-state index contributed by atoms with van der Waals surface area (Å²) in [7, 11) is 0. The van der Waals surface area contributed by atoms with Gasteiger partial charge in [-0.15, -0.1) is 6.58 Å². The van der Waals surface area contributed by atoms with Crippen molar-refractivity contribution < 1.29 is 19.4 Å². The lowest BCUT2D eigenvalue weighted by Crippen LogP contribution is -2.48. The lowest BCUT2D eigenvalue weighted by atomic mass is 9.78. The molecule has 1 aromatic rings. The molecule has 2 aliphatic heterocycles. The number of aromatic carboxylic acids is 1. The maximum atomic E-state index is 13.8. The van der Waals surface area contributed by atoms with Crippen LogP contribution in [0.1, 0.15) is 74.7 Å². The first-order valence-corrected chi connectivity index (χ1v) is 13.8. The normalized spacial score (nSPS) is 21.1. The zero-order valence-corrected chi connectivity index (χ0v) is 22.8. The van der Waals surface area contributed by atoms with Gasteiger partial charge in [0.15, 0.2) is 0 Å². The Morgan fingerprint density at radius 3 is 2.57 bits per heavy atom. The van der Waals surface area contributed by atoms with Gasteiger partial charge >= 0.3 is 5.97 Å². The van der Waals surface area contributed by atoms with E-state index in [0.29, 0.717) is 45.2 Å². The second-order valence-electron chi connectivity index (χ2n) is 10.3. The molecule has 1 aromatic carbocycles. The van der Waals surface area contributed by atoms with Crippen molar-refractivity contribution in [1.82, 2.24) is 4.90 Å². The van der Waals surface area contributed by atoms with E-state index in [1.54, 1.807) is 6.07 Å². The number of ether oxygens (including phenoxy) is 1. The lowest BCUT2D eigenvalue weighted by molar-refractivity contribution is -0.139. The van der Waals surface area contributed by atoms with E-state index in [2.05, 4.69) is 31.9 Å². The standard InChI is InChI=1S/C31H44N2O4/c1-6-10-22(5)19-25(30(34)32-15-17-37-18-16-32)21-33-27(12-8-3)29(23(9-4)11-7-2)26-14-13-24(31(35)36)20-28(26)33/h6,8,10,13-14,20,23,25,27,29H,3,5,7,9,11-12,15-19,21H2,1-2,4H3,(H,35,36)/b10-6-. The topological polar surface area (TPSA) is 70.1 Å². The Hall–Kier alpha value is -2.86. The molecule has 1 N–H and O–H groups in total. The molecule has 0 radical (unpaired) electrons. The lowest BCUT2D eigenvalue weighted by Gasteiger charge is -2.37. The second kappa shape index (κ2) is 13.6. The number of benzene rings is 1. The SMILES string of the molecule is C=CCC1C(C(CC)CCC)c2ccc(C(=O)O)cc2N1CC(CC(=C)/C=C\C)C(=O)N1CCOCC1. The number of carboxylic acid groups (broad SMARTS) is 1. The summed E-state index contributed by atoms with van der Waals surface area (Å²) in [5.41, 5.74) is 3.34. The van der Waals surface area contributed by atoms with Crippen LogP contribution in [0.25, 0.3) is 0 Å². The van der Waals surface area contributed by atoms with Crippen molar-refractivity contribution in [2.24, 2.45) is 11.8 Å². The fourth-order valence-electron chi connectivity index (χ4n) is 6.17. The summed E-state index contributed by atoms with van der Waals surface area (Å²) < 4.78 is 5.49. The molecule has 0 spiro atoms. The first-order valence-electron chi connectivity index (χ1n) is 13.8. The van der Waals surface area contributed by atoms with Gasteiger partial charge in [-0.1, -0.05) is 69.6 Å². The molecule has 0 aliphatic carbocycles. The van der Waals surface area contributed by atoms with Crippen LogP contribution in [0.3, 0.4) is 0 Å². The van der Waals surface area contributed by atoms with E-state index in [-0.39, 0.29) is 29.3 Å². The summed E-state index contributed by atoms with van der Waals surface area (Å²) in [6.45, 7) is 17.5. The highest BCUT2D eigenvalue weighted by atomic mass is 16.5. The van der Waals surface area contributed by atoms with Crippen molar-refractivity contribution in [2.45, 2.75) is 64.8 Å². The van der Waals surface area contributed by atoms with E-state index in [1.807, 2.05) is 42.2 Å². The zero-order valence-electron chi connectivity index (χ0n) is 22.8. The fraction of sp³-hybridized carbons (Fsp3) is 0.548. The monoisotopic (exact) mass is 508 g/mol. The largest absolute Gasteiger partial charge is 0.478 e. The van der Waals surface area contributed by atoms with Gasteiger partial charge in [-0.3, -0.25) is 4.79 Å². The van der Waals surface area contributed by atoms with Crippen LogP contribution in [0, 0.1) is 11.8 Å². The van der Waals surface area contributed by atoms with Gasteiger partial charge in [-0.25, -0.2) is 4.79 Å². The summed E-state index contributed by atoms with van der Waals surface area (Å²) in [4.78, 5) is 30.0. The van der Waals surface area contributed by atoms with Crippen molar-refractivity contribution in [3.63, 3.8) is 0 Å². The molecule has 1 amide bonds. The third kappa shape index (κ3) is 6.72. The zero-order chi connectivity index (χ0) is 26.9. The highest BCUT2D eigenvalue weighted by Crippen LogP contribution is 2.49. The van der Waals surface area contributed by atoms with Gasteiger partial charge in [0, 0.05) is 37.3 Å². The molecule has 1 fully saturated rings. The molecule has 37 heavy (non-hydrogen) atoms. The predicted molar refractivity (Wildman–Crippen MR) is 150 cm³/mol. The summed E-state index contributed by atoms with van der Waals surface area (Å²) in [5.74, 6) is -0.374. The number of allylic oxidation sites excluding steroid dienone is 3. The number of rotatable bonds is 13. The molecule has 0 saturated carbocycles. The first-order chi connectivity index (χ1) is 17.9. The number of amides is 1. The maximum Gasteiger partial charge on any atom is 0.335 e. The van der Waals surface area contributed by atoms with Crippen LogP contribution < -0.4 is 4.90 Å². The number of fused-ring (bicyclic) bond motifs is 1. The Labute approximate surface area is 222 Å². The van der Waals surface area contributed by atoms with Crippen molar-refractivity contribution in [1.29, 1.82) is 0 Å². The fourth-order valence-corrected chi connectivity index (χ4v) is 6.17. The third-order valence-corrected chi connectivity index (χ3v) is 7.86. The van der Waals surface area contributed by atoms with Crippen molar-refractivity contribution in [2.75, 3.05) is 37.7 Å². The van der Waals surface area contributed by atoms with Crippen LogP contribution in [-0.4, -0.2) is 60.8 Å². The number of morpholine rings is 1. The number of hydrogen-bond acceptors (Lipinski definition) is 4. The average Bonchev–Trinajstić information content (AvgIpc) is 3.19. The molecule has 202 valence electrons. The molecule has 4 atom stereocenters. The minimum Gasteiger partial charge on any atom is -0.478 e. The van der Waals surface area contributed by atoms with E-state index in [0.717, 1.165) is 36.9 Å². The highest BCUT2D eigenvalue weighted by Gasteiger charge is 2.43. The molecule has 6 nitrogen and oxygen atoms in total. The number of carbonyl (C=O) groups is 2. The highest BCUT2D eigenvalue weighted by molar-refractivity contribution is 5.90. The smallest absolute Gasteiger partial charge is 0.335 e. The molecule has 1 saturated heterocycles. The molecule has 0 bridgehead atoms. The number of carbonyl (C=O) groups excluding carboxylic acids is 1. The quantitative estimate of drug-likeness (QED) is 0.259. The molecule has 2 heterocycles. The third-order valence-electron chi connectivity index (χ3n) is 7.86. The molecule has 0 aromatic heterocycles. The molecular weight excluding hydrogens is 464 g/mol. The van der Waals surface area contributed by atoms with Crippen LogP contribution in [0.4, 0.5) is 5.69 Å². The van der Waals surface area contributed by atoms with E-state index in [1.165, 1.54) is 5.56 Å². The van der Waals surface area contributed by atoms with E-state index in [9.17, 15) is 14.7 Å². The van der Waals surface area contributed by atoms with Crippen LogP contribution in [-0.2, 0) is 9.53 Å². The maximum absolute atomic E-state index is 13.8. The minimum absolute atomic E-state index is 0.117. The predicted octanol–water partition coefficient (Wildman–Crippen LogP) is 6.06. The molecule has 4 unspecified atom stereocenters. The van der Waals surface area contributed by atoms with Gasteiger partial charge in [0.1, 0.15) is 0 Å². The number of nitrogens with zero attached hydrogens (tertiary/aromatic N) is 2. The Balaban J connectivity index is 2.06. The van der Waals surface area contributed by atoms with Gasteiger partial charge in [-0.2, -0.15) is 0 Å². The van der Waals surface area contributed by atoms with E-state index >= 15 is 0 Å². The molecule has 3 rings (SSSR count). The number of anilines is 1. The summed E-state index contributed by atoms with van der Waals surface area (Å²) in [6, 6.07) is 5.67. The number of carboxylic acids is 1. The van der Waals surface area contributed by atoms with Crippen molar-refractivity contribution in [3.05, 3.63) is 66.3 Å². The Kier molecular flexibility index (Phi) is 10.6. The molecule has 6 heteroatoms. The summed E-state index contributed by atoms with van der Waals surface area (Å²) in [6.07, 6.45) is 10.5. The minimum atomic E-state index is -0.936. The van der Waals surface area contributed by atoms with Gasteiger partial charge in [0.25, 0.3) is 0 Å².